The van der Waals surface area contributed by atoms with Gasteiger partial charge in [-0.05, 0) is 75.5 Å². The molecule has 4 aromatic carbocycles. The van der Waals surface area contributed by atoms with Crippen molar-refractivity contribution in [1.29, 1.82) is 0 Å². The largest absolute Gasteiger partial charge is 0.265 e. The van der Waals surface area contributed by atoms with Gasteiger partial charge in [-0.3, -0.25) is 9.82 Å². The Morgan fingerprint density at radius 3 is 2.16 bits per heavy atom. The van der Waals surface area contributed by atoms with Crippen LogP contribution in [0.4, 0.5) is 5.69 Å². The van der Waals surface area contributed by atoms with Gasteiger partial charge in [0.15, 0.2) is 0 Å². The number of hydrogen-bond donors (Lipinski definition) is 0. The molecule has 1 saturated heterocycles. The van der Waals surface area contributed by atoms with Crippen molar-refractivity contribution in [3.63, 3.8) is 0 Å². The van der Waals surface area contributed by atoms with E-state index in [0.717, 1.165) is 17.7 Å². The molecule has 32 heavy (non-hydrogen) atoms. The number of nitrogens with zero attached hydrogens (tertiary/aromatic N) is 2. The second-order valence-electron chi connectivity index (χ2n) is 8.52. The highest BCUT2D eigenvalue weighted by Gasteiger charge is 2.37. The van der Waals surface area contributed by atoms with E-state index in [1.807, 2.05) is 12.4 Å². The molecule has 1 aromatic heterocycles. The maximum Gasteiger partial charge on any atom is 0.113 e. The fourth-order valence-electron chi connectivity index (χ4n) is 4.98. The summed E-state index contributed by atoms with van der Waals surface area (Å²) in [4.78, 5) is 10.9. The van der Waals surface area contributed by atoms with Crippen LogP contribution in [0.1, 0.15) is 35.3 Å². The summed E-state index contributed by atoms with van der Waals surface area (Å²) in [6.45, 7) is 2.13. The number of fused-ring (bicyclic) bond motifs is 2. The van der Waals surface area contributed by atoms with Crippen LogP contribution in [0.25, 0.3) is 21.5 Å². The lowest BCUT2D eigenvalue weighted by Gasteiger charge is -2.27. The molecule has 5 aromatic rings. The standard InChI is InChI=1S/C29H24N2O/c1-20-7-6-10-24(17-20)31-27(19-28(32-31)21-13-15-30-16-14-21)29-25-11-4-2-8-22(25)18-23-9-3-5-12-26(23)29/h2-18,27-28H,19H2,1H3. The molecule has 1 aliphatic rings. The number of rotatable bonds is 3. The molecule has 0 N–H and O–H groups in total. The summed E-state index contributed by atoms with van der Waals surface area (Å²) in [6.07, 6.45) is 4.53. The first-order chi connectivity index (χ1) is 15.8. The molecule has 1 fully saturated rings. The van der Waals surface area contributed by atoms with E-state index in [1.54, 1.807) is 0 Å². The predicted octanol–water partition coefficient (Wildman–Crippen LogP) is 7.32. The molecule has 0 aliphatic carbocycles. The molecule has 1 aliphatic heterocycles. The highest BCUT2D eigenvalue weighted by Crippen LogP contribution is 2.48. The van der Waals surface area contributed by atoms with Crippen molar-refractivity contribution in [3.8, 4) is 0 Å². The summed E-state index contributed by atoms with van der Waals surface area (Å²) in [7, 11) is 0. The van der Waals surface area contributed by atoms with E-state index in [1.165, 1.54) is 32.7 Å². The molecule has 3 heteroatoms. The number of aromatic nitrogens is 1. The second-order valence-corrected chi connectivity index (χ2v) is 8.52. The average molecular weight is 417 g/mol. The van der Waals surface area contributed by atoms with E-state index in [4.69, 9.17) is 4.84 Å². The molecule has 0 amide bonds. The van der Waals surface area contributed by atoms with Gasteiger partial charge in [-0.1, -0.05) is 60.7 Å². The molecular weight excluding hydrogens is 392 g/mol. The summed E-state index contributed by atoms with van der Waals surface area (Å²) in [6, 6.07) is 32.5. The smallest absolute Gasteiger partial charge is 0.113 e. The molecule has 6 rings (SSSR count). The molecule has 0 saturated carbocycles. The van der Waals surface area contributed by atoms with Crippen LogP contribution < -0.4 is 5.06 Å². The summed E-state index contributed by atoms with van der Waals surface area (Å²) < 4.78 is 0. The van der Waals surface area contributed by atoms with E-state index >= 15 is 0 Å². The second kappa shape index (κ2) is 7.77. The Balaban J connectivity index is 1.58. The first-order valence-electron chi connectivity index (χ1n) is 11.1. The lowest BCUT2D eigenvalue weighted by Crippen LogP contribution is -2.22. The Kier molecular flexibility index (Phi) is 4.62. The third-order valence-electron chi connectivity index (χ3n) is 6.44. The van der Waals surface area contributed by atoms with Crippen molar-refractivity contribution in [2.24, 2.45) is 0 Å². The van der Waals surface area contributed by atoms with Crippen molar-refractivity contribution >= 4 is 27.2 Å². The molecule has 0 radical (unpaired) electrons. The van der Waals surface area contributed by atoms with Crippen LogP contribution in [0.3, 0.4) is 0 Å². The van der Waals surface area contributed by atoms with Crippen LogP contribution in [0.2, 0.25) is 0 Å². The van der Waals surface area contributed by atoms with Gasteiger partial charge in [0.1, 0.15) is 6.10 Å². The van der Waals surface area contributed by atoms with Gasteiger partial charge in [0, 0.05) is 18.8 Å². The quantitative estimate of drug-likeness (QED) is 0.288. The van der Waals surface area contributed by atoms with Crippen LogP contribution in [-0.4, -0.2) is 4.98 Å². The maximum absolute atomic E-state index is 6.66. The first-order valence-corrected chi connectivity index (χ1v) is 11.1. The third-order valence-corrected chi connectivity index (χ3v) is 6.44. The van der Waals surface area contributed by atoms with E-state index in [9.17, 15) is 0 Å². The van der Waals surface area contributed by atoms with Crippen LogP contribution in [0.5, 0.6) is 0 Å². The molecule has 3 nitrogen and oxygen atoms in total. The molecule has 156 valence electrons. The zero-order valence-electron chi connectivity index (χ0n) is 18.0. The van der Waals surface area contributed by atoms with Gasteiger partial charge in [-0.2, -0.15) is 0 Å². The van der Waals surface area contributed by atoms with Gasteiger partial charge in [0.05, 0.1) is 11.7 Å². The number of hydroxylamine groups is 1. The Morgan fingerprint density at radius 1 is 0.781 bits per heavy atom. The summed E-state index contributed by atoms with van der Waals surface area (Å²) >= 11 is 0. The van der Waals surface area contributed by atoms with Crippen LogP contribution in [0.15, 0.2) is 103 Å². The summed E-state index contributed by atoms with van der Waals surface area (Å²) in [5.41, 5.74) is 4.80. The van der Waals surface area contributed by atoms with Crippen LogP contribution in [0, 0.1) is 6.92 Å². The fraction of sp³-hybridized carbons (Fsp3) is 0.138. The first kappa shape index (κ1) is 19.0. The van der Waals surface area contributed by atoms with Crippen molar-refractivity contribution in [1.82, 2.24) is 4.98 Å². The monoisotopic (exact) mass is 416 g/mol. The molecular formula is C29H24N2O. The predicted molar refractivity (Wildman–Crippen MR) is 131 cm³/mol. The Morgan fingerprint density at radius 2 is 1.47 bits per heavy atom. The highest BCUT2D eigenvalue weighted by molar-refractivity contribution is 6.03. The number of hydrogen-bond acceptors (Lipinski definition) is 3. The average Bonchev–Trinajstić information content (AvgIpc) is 3.28. The van der Waals surface area contributed by atoms with Gasteiger partial charge in [-0.15, -0.1) is 0 Å². The zero-order valence-corrected chi connectivity index (χ0v) is 18.0. The topological polar surface area (TPSA) is 25.4 Å². The minimum Gasteiger partial charge on any atom is -0.265 e. The highest BCUT2D eigenvalue weighted by atomic mass is 16.7. The van der Waals surface area contributed by atoms with Gasteiger partial charge in [0.2, 0.25) is 0 Å². The minimum absolute atomic E-state index is 0.0266. The maximum atomic E-state index is 6.66. The molecule has 2 heterocycles. The van der Waals surface area contributed by atoms with Crippen LogP contribution >= 0.6 is 0 Å². The van der Waals surface area contributed by atoms with Crippen molar-refractivity contribution in [2.75, 3.05) is 5.06 Å². The van der Waals surface area contributed by atoms with E-state index in [2.05, 4.69) is 108 Å². The SMILES string of the molecule is Cc1cccc(N2OC(c3ccncc3)CC2c2c3ccccc3cc3ccccc23)c1. The fourth-order valence-corrected chi connectivity index (χ4v) is 4.98. The van der Waals surface area contributed by atoms with Gasteiger partial charge in [-0.25, -0.2) is 5.06 Å². The van der Waals surface area contributed by atoms with Crippen molar-refractivity contribution in [3.05, 3.63) is 120 Å². The van der Waals surface area contributed by atoms with E-state index < -0.39 is 0 Å². The summed E-state index contributed by atoms with van der Waals surface area (Å²) in [5, 5.41) is 7.22. The molecule has 0 spiro atoms. The van der Waals surface area contributed by atoms with Gasteiger partial charge in [0.25, 0.3) is 0 Å². The Labute approximate surface area is 187 Å². The lowest BCUT2D eigenvalue weighted by molar-refractivity contribution is 0.0837. The normalized spacial score (nSPS) is 18.5. The number of anilines is 1. The molecule has 2 unspecified atom stereocenters. The minimum atomic E-state index is -0.0266. The van der Waals surface area contributed by atoms with Gasteiger partial charge >= 0.3 is 0 Å². The number of pyridine rings is 1. The number of benzene rings is 4. The van der Waals surface area contributed by atoms with Crippen molar-refractivity contribution in [2.45, 2.75) is 25.5 Å². The van der Waals surface area contributed by atoms with E-state index in [0.29, 0.717) is 0 Å². The third kappa shape index (κ3) is 3.22. The Hall–Kier alpha value is -3.69. The lowest BCUT2D eigenvalue weighted by atomic mass is 9.89. The Bertz CT molecular complexity index is 1360. The summed E-state index contributed by atoms with van der Waals surface area (Å²) in [5.74, 6) is 0. The molecule has 2 atom stereocenters. The van der Waals surface area contributed by atoms with Crippen LogP contribution in [-0.2, 0) is 4.84 Å². The van der Waals surface area contributed by atoms with E-state index in [-0.39, 0.29) is 12.1 Å². The van der Waals surface area contributed by atoms with Gasteiger partial charge < -0.3 is 0 Å². The zero-order chi connectivity index (χ0) is 21.5. The number of aryl methyl sites for hydroxylation is 1. The van der Waals surface area contributed by atoms with Crippen molar-refractivity contribution < 1.29 is 4.84 Å². The molecule has 0 bridgehead atoms.